The number of phenolic OH excluding ortho intramolecular Hbond substituents is 1. The van der Waals surface area contributed by atoms with E-state index in [2.05, 4.69) is 5.32 Å². The molecule has 0 aromatic heterocycles. The monoisotopic (exact) mass is 199 g/mol. The van der Waals surface area contributed by atoms with Crippen molar-refractivity contribution in [1.82, 2.24) is 5.32 Å². The molecule has 1 unspecified atom stereocenters. The predicted molar refractivity (Wildman–Crippen MR) is 48.0 cm³/mol. The first-order chi connectivity index (χ1) is 6.70. The van der Waals surface area contributed by atoms with Crippen molar-refractivity contribution in [2.24, 2.45) is 0 Å². The number of rotatable bonds is 1. The van der Waals surface area contributed by atoms with Crippen molar-refractivity contribution in [1.29, 1.82) is 0 Å². The Morgan fingerprint density at radius 1 is 1.36 bits per heavy atom. The van der Waals surface area contributed by atoms with Gasteiger partial charge in [-0.15, -0.1) is 0 Å². The van der Waals surface area contributed by atoms with Gasteiger partial charge in [-0.3, -0.25) is 0 Å². The highest BCUT2D eigenvalue weighted by atomic mass is 19.1. The van der Waals surface area contributed by atoms with Crippen LogP contribution in [0.1, 0.15) is 24.4 Å². The molecule has 2 nitrogen and oxygen atoms in total. The van der Waals surface area contributed by atoms with Gasteiger partial charge in [0.2, 0.25) is 0 Å². The van der Waals surface area contributed by atoms with E-state index in [1.807, 2.05) is 0 Å². The van der Waals surface area contributed by atoms with E-state index in [9.17, 15) is 8.78 Å². The van der Waals surface area contributed by atoms with Crippen molar-refractivity contribution in [2.45, 2.75) is 18.9 Å². The lowest BCUT2D eigenvalue weighted by Crippen LogP contribution is -2.14. The van der Waals surface area contributed by atoms with Crippen LogP contribution in [0.2, 0.25) is 0 Å². The molecular weight excluding hydrogens is 188 g/mol. The Bertz CT molecular complexity index is 348. The highest BCUT2D eigenvalue weighted by Crippen LogP contribution is 2.30. The fourth-order valence-electron chi connectivity index (χ4n) is 1.78. The first-order valence-electron chi connectivity index (χ1n) is 4.60. The number of halogens is 2. The second kappa shape index (κ2) is 3.53. The zero-order valence-corrected chi connectivity index (χ0v) is 7.56. The van der Waals surface area contributed by atoms with E-state index in [0.29, 0.717) is 5.56 Å². The standard InChI is InChI=1S/C10H11F2NO/c11-7-4-3-6(9(12)10(7)14)8-2-1-5-13-8/h3-4,8,13-14H,1-2,5H2. The maximum atomic E-state index is 13.4. The quantitative estimate of drug-likeness (QED) is 0.725. The van der Waals surface area contributed by atoms with E-state index in [0.717, 1.165) is 25.5 Å². The molecule has 1 saturated heterocycles. The molecule has 2 rings (SSSR count). The third-order valence-corrected chi connectivity index (χ3v) is 2.53. The number of phenols is 1. The van der Waals surface area contributed by atoms with Crippen LogP contribution in [0.15, 0.2) is 12.1 Å². The number of hydrogen-bond acceptors (Lipinski definition) is 2. The number of hydrogen-bond donors (Lipinski definition) is 2. The third kappa shape index (κ3) is 1.46. The first kappa shape index (κ1) is 9.40. The van der Waals surface area contributed by atoms with Crippen LogP contribution in [0, 0.1) is 11.6 Å². The molecular formula is C10H11F2NO. The van der Waals surface area contributed by atoms with Gasteiger partial charge in [0.25, 0.3) is 0 Å². The van der Waals surface area contributed by atoms with Crippen LogP contribution < -0.4 is 5.32 Å². The minimum atomic E-state index is -0.913. The van der Waals surface area contributed by atoms with Crippen molar-refractivity contribution >= 4 is 0 Å². The first-order valence-corrected chi connectivity index (χ1v) is 4.60. The Morgan fingerprint density at radius 3 is 2.79 bits per heavy atom. The molecule has 0 radical (unpaired) electrons. The molecule has 76 valence electrons. The predicted octanol–water partition coefficient (Wildman–Crippen LogP) is 2.09. The third-order valence-electron chi connectivity index (χ3n) is 2.53. The molecule has 0 amide bonds. The van der Waals surface area contributed by atoms with Crippen LogP contribution in [0.3, 0.4) is 0 Å². The van der Waals surface area contributed by atoms with Crippen LogP contribution >= 0.6 is 0 Å². The molecule has 4 heteroatoms. The molecule has 1 aliphatic heterocycles. The highest BCUT2D eigenvalue weighted by molar-refractivity contribution is 5.33. The Kier molecular flexibility index (Phi) is 2.37. The van der Waals surface area contributed by atoms with E-state index in [-0.39, 0.29) is 6.04 Å². The van der Waals surface area contributed by atoms with Crippen molar-refractivity contribution in [3.63, 3.8) is 0 Å². The van der Waals surface area contributed by atoms with Crippen molar-refractivity contribution in [3.05, 3.63) is 29.3 Å². The number of aromatic hydroxyl groups is 1. The van der Waals surface area contributed by atoms with Crippen LogP contribution in [0.5, 0.6) is 5.75 Å². The fourth-order valence-corrected chi connectivity index (χ4v) is 1.78. The van der Waals surface area contributed by atoms with Gasteiger partial charge in [0.05, 0.1) is 0 Å². The molecule has 0 bridgehead atoms. The van der Waals surface area contributed by atoms with Gasteiger partial charge in [-0.05, 0) is 25.5 Å². The molecule has 2 N–H and O–H groups in total. The molecule has 1 aromatic carbocycles. The molecule has 0 saturated carbocycles. The Balaban J connectivity index is 2.38. The maximum absolute atomic E-state index is 13.4. The zero-order chi connectivity index (χ0) is 10.1. The topological polar surface area (TPSA) is 32.3 Å². The van der Waals surface area contributed by atoms with Crippen molar-refractivity contribution in [3.8, 4) is 5.75 Å². The second-order valence-corrected chi connectivity index (χ2v) is 3.45. The van der Waals surface area contributed by atoms with Gasteiger partial charge in [0.1, 0.15) is 0 Å². The van der Waals surface area contributed by atoms with E-state index in [4.69, 9.17) is 5.11 Å². The van der Waals surface area contributed by atoms with Gasteiger partial charge in [0.15, 0.2) is 17.4 Å². The molecule has 14 heavy (non-hydrogen) atoms. The van der Waals surface area contributed by atoms with Crippen LogP contribution in [-0.4, -0.2) is 11.7 Å². The average Bonchev–Trinajstić information content (AvgIpc) is 2.67. The van der Waals surface area contributed by atoms with Gasteiger partial charge >= 0.3 is 0 Å². The van der Waals surface area contributed by atoms with Gasteiger partial charge < -0.3 is 10.4 Å². The van der Waals surface area contributed by atoms with Crippen molar-refractivity contribution < 1.29 is 13.9 Å². The summed E-state index contributed by atoms with van der Waals surface area (Å²) in [4.78, 5) is 0. The molecule has 0 aliphatic carbocycles. The second-order valence-electron chi connectivity index (χ2n) is 3.45. The normalized spacial score (nSPS) is 21.4. The van der Waals surface area contributed by atoms with Gasteiger partial charge in [-0.2, -0.15) is 0 Å². The molecule has 1 heterocycles. The van der Waals surface area contributed by atoms with Crippen LogP contribution in [-0.2, 0) is 0 Å². The van der Waals surface area contributed by atoms with Gasteiger partial charge in [-0.1, -0.05) is 6.07 Å². The van der Waals surface area contributed by atoms with E-state index in [1.165, 1.54) is 6.07 Å². The van der Waals surface area contributed by atoms with Crippen LogP contribution in [0.25, 0.3) is 0 Å². The summed E-state index contributed by atoms with van der Waals surface area (Å²) in [6.45, 7) is 0.836. The molecule has 0 spiro atoms. The SMILES string of the molecule is Oc1c(F)ccc(C2CCCN2)c1F. The lowest BCUT2D eigenvalue weighted by atomic mass is 10.0. The fraction of sp³-hybridized carbons (Fsp3) is 0.400. The molecule has 1 fully saturated rings. The van der Waals surface area contributed by atoms with E-state index in [1.54, 1.807) is 0 Å². The summed E-state index contributed by atoms with van der Waals surface area (Å²) < 4.78 is 26.1. The van der Waals surface area contributed by atoms with Crippen molar-refractivity contribution in [2.75, 3.05) is 6.54 Å². The summed E-state index contributed by atoms with van der Waals surface area (Å²) in [6, 6.07) is 2.38. The summed E-state index contributed by atoms with van der Waals surface area (Å²) in [5, 5.41) is 12.2. The largest absolute Gasteiger partial charge is 0.503 e. The van der Waals surface area contributed by atoms with E-state index < -0.39 is 17.4 Å². The minimum absolute atomic E-state index is 0.0958. The Labute approximate surface area is 80.6 Å². The maximum Gasteiger partial charge on any atom is 0.188 e. The molecule has 1 atom stereocenters. The Morgan fingerprint density at radius 2 is 2.14 bits per heavy atom. The smallest absolute Gasteiger partial charge is 0.188 e. The lowest BCUT2D eigenvalue weighted by molar-refractivity contribution is 0.389. The average molecular weight is 199 g/mol. The summed E-state index contributed by atoms with van der Waals surface area (Å²) in [5.41, 5.74) is 0.349. The van der Waals surface area contributed by atoms with Gasteiger partial charge in [-0.25, -0.2) is 8.78 Å². The Hall–Kier alpha value is -1.16. The molecule has 1 aliphatic rings. The van der Waals surface area contributed by atoms with Gasteiger partial charge in [0, 0.05) is 11.6 Å². The lowest BCUT2D eigenvalue weighted by Gasteiger charge is -2.12. The summed E-state index contributed by atoms with van der Waals surface area (Å²) in [7, 11) is 0. The van der Waals surface area contributed by atoms with E-state index >= 15 is 0 Å². The number of benzene rings is 1. The minimum Gasteiger partial charge on any atom is -0.503 e. The summed E-state index contributed by atoms with van der Waals surface area (Å²) in [6.07, 6.45) is 1.80. The summed E-state index contributed by atoms with van der Waals surface area (Å²) in [5.74, 6) is -2.63. The zero-order valence-electron chi connectivity index (χ0n) is 7.56. The highest BCUT2D eigenvalue weighted by Gasteiger charge is 2.22. The molecule has 1 aromatic rings. The van der Waals surface area contributed by atoms with Crippen LogP contribution in [0.4, 0.5) is 8.78 Å². The summed E-state index contributed by atoms with van der Waals surface area (Å²) >= 11 is 0. The number of nitrogens with one attached hydrogen (secondary N) is 1.